The SMILES string of the molecule is Fc1cc(Cl)ccc1O[C@@H](c1ccccn1)[C@@H]1CNCCO1.O=C(O)/C=C/C(=O)O. The van der Waals surface area contributed by atoms with Crippen LogP contribution in [0.2, 0.25) is 5.02 Å². The Balaban J connectivity index is 0.000000343. The number of ether oxygens (including phenoxy) is 2. The van der Waals surface area contributed by atoms with Crippen molar-refractivity contribution in [2.45, 2.75) is 12.2 Å². The number of benzene rings is 1. The molecule has 2 heterocycles. The van der Waals surface area contributed by atoms with Crippen LogP contribution in [-0.4, -0.2) is 52.9 Å². The molecule has 0 saturated carbocycles. The highest BCUT2D eigenvalue weighted by molar-refractivity contribution is 6.30. The lowest BCUT2D eigenvalue weighted by Gasteiger charge is -2.31. The normalized spacial score (nSPS) is 16.9. The first-order valence-corrected chi connectivity index (χ1v) is 9.23. The molecule has 160 valence electrons. The van der Waals surface area contributed by atoms with Crippen LogP contribution in [0.25, 0.3) is 0 Å². The number of aliphatic carboxylic acids is 2. The Hall–Kier alpha value is -3.01. The first-order chi connectivity index (χ1) is 14.4. The van der Waals surface area contributed by atoms with E-state index >= 15 is 0 Å². The number of hydrogen-bond donors (Lipinski definition) is 3. The van der Waals surface area contributed by atoms with E-state index in [1.54, 1.807) is 12.3 Å². The highest BCUT2D eigenvalue weighted by Crippen LogP contribution is 2.29. The molecule has 1 aliphatic rings. The van der Waals surface area contributed by atoms with Crippen molar-refractivity contribution in [2.75, 3.05) is 19.7 Å². The fraction of sp³-hybridized carbons (Fsp3) is 0.250. The molecule has 30 heavy (non-hydrogen) atoms. The lowest BCUT2D eigenvalue weighted by molar-refractivity contribution is -0.134. The second-order valence-electron chi connectivity index (χ2n) is 5.99. The molecule has 0 radical (unpaired) electrons. The van der Waals surface area contributed by atoms with Crippen molar-refractivity contribution in [2.24, 2.45) is 0 Å². The number of hydrogen-bond acceptors (Lipinski definition) is 6. The molecule has 8 nitrogen and oxygen atoms in total. The minimum atomic E-state index is -1.26. The van der Waals surface area contributed by atoms with Gasteiger partial charge in [-0.1, -0.05) is 17.7 Å². The smallest absolute Gasteiger partial charge is 0.328 e. The standard InChI is InChI=1S/C16H16ClFN2O2.C4H4O4/c17-11-4-5-14(12(18)9-11)22-16(13-3-1-2-6-20-13)15-10-19-7-8-21-15;5-3(6)1-2-4(7)8/h1-6,9,15-16,19H,7-8,10H2;1-2H,(H,5,6)(H,7,8)/b;2-1+/t15-,16-;/m0./s1. The number of carboxylic acid groups (broad SMARTS) is 2. The van der Waals surface area contributed by atoms with Crippen LogP contribution in [0, 0.1) is 5.82 Å². The zero-order valence-electron chi connectivity index (χ0n) is 15.7. The lowest BCUT2D eigenvalue weighted by Crippen LogP contribution is -2.43. The molecule has 2 aromatic rings. The summed E-state index contributed by atoms with van der Waals surface area (Å²) in [6, 6.07) is 9.87. The van der Waals surface area contributed by atoms with Gasteiger partial charge in [-0.15, -0.1) is 0 Å². The molecule has 0 amide bonds. The number of halogens is 2. The Morgan fingerprint density at radius 3 is 2.53 bits per heavy atom. The molecule has 0 bridgehead atoms. The number of carbonyl (C=O) groups is 2. The van der Waals surface area contributed by atoms with Crippen LogP contribution >= 0.6 is 11.6 Å². The van der Waals surface area contributed by atoms with Crippen molar-refractivity contribution in [1.82, 2.24) is 10.3 Å². The van der Waals surface area contributed by atoms with E-state index < -0.39 is 23.9 Å². The van der Waals surface area contributed by atoms with Gasteiger partial charge in [-0.2, -0.15) is 0 Å². The van der Waals surface area contributed by atoms with Gasteiger partial charge < -0.3 is 25.0 Å². The molecule has 3 rings (SSSR count). The number of carboxylic acids is 2. The average molecular weight is 439 g/mol. The molecule has 1 aromatic carbocycles. The van der Waals surface area contributed by atoms with Gasteiger partial charge in [0.15, 0.2) is 17.7 Å². The number of pyridine rings is 1. The molecule has 3 N–H and O–H groups in total. The Morgan fingerprint density at radius 2 is 2.00 bits per heavy atom. The van der Waals surface area contributed by atoms with E-state index in [-0.39, 0.29) is 11.9 Å². The monoisotopic (exact) mass is 438 g/mol. The first-order valence-electron chi connectivity index (χ1n) is 8.85. The largest absolute Gasteiger partial charge is 0.478 e. The van der Waals surface area contributed by atoms with Crippen LogP contribution in [0.1, 0.15) is 11.8 Å². The van der Waals surface area contributed by atoms with Crippen LogP contribution in [0.3, 0.4) is 0 Å². The summed E-state index contributed by atoms with van der Waals surface area (Å²) in [6.45, 7) is 2.00. The lowest BCUT2D eigenvalue weighted by atomic mass is 10.1. The average Bonchev–Trinajstić information content (AvgIpc) is 2.73. The molecular formula is C20H20ClFN2O6. The summed E-state index contributed by atoms with van der Waals surface area (Å²) in [7, 11) is 0. The van der Waals surface area contributed by atoms with Gasteiger partial charge in [0.25, 0.3) is 0 Å². The summed E-state index contributed by atoms with van der Waals surface area (Å²) in [6.07, 6.45) is 2.06. The highest BCUT2D eigenvalue weighted by Gasteiger charge is 2.29. The zero-order chi connectivity index (χ0) is 21.9. The van der Waals surface area contributed by atoms with Gasteiger partial charge in [0.05, 0.1) is 12.3 Å². The second-order valence-corrected chi connectivity index (χ2v) is 6.43. The van der Waals surface area contributed by atoms with E-state index in [9.17, 15) is 14.0 Å². The summed E-state index contributed by atoms with van der Waals surface area (Å²) in [5, 5.41) is 19.2. The molecule has 0 aliphatic carbocycles. The fourth-order valence-electron chi connectivity index (χ4n) is 2.50. The van der Waals surface area contributed by atoms with Gasteiger partial charge in [0, 0.05) is 36.5 Å². The molecule has 2 atom stereocenters. The van der Waals surface area contributed by atoms with Crippen molar-refractivity contribution < 1.29 is 33.7 Å². The number of aromatic nitrogens is 1. The molecule has 1 saturated heterocycles. The zero-order valence-corrected chi connectivity index (χ0v) is 16.5. The number of morpholine rings is 1. The van der Waals surface area contributed by atoms with E-state index in [0.717, 1.165) is 6.54 Å². The van der Waals surface area contributed by atoms with Crippen LogP contribution in [0.4, 0.5) is 4.39 Å². The Labute approximate surface area is 176 Å². The maximum Gasteiger partial charge on any atom is 0.328 e. The van der Waals surface area contributed by atoms with Crippen molar-refractivity contribution in [3.05, 3.63) is 71.3 Å². The molecule has 1 aliphatic heterocycles. The summed E-state index contributed by atoms with van der Waals surface area (Å²) in [5.74, 6) is -2.88. The van der Waals surface area contributed by atoms with E-state index in [0.29, 0.717) is 36.0 Å². The summed E-state index contributed by atoms with van der Waals surface area (Å²) < 4.78 is 25.6. The van der Waals surface area contributed by atoms with Crippen LogP contribution < -0.4 is 10.1 Å². The van der Waals surface area contributed by atoms with Crippen LogP contribution in [0.5, 0.6) is 5.75 Å². The number of rotatable bonds is 6. The highest BCUT2D eigenvalue weighted by atomic mass is 35.5. The van der Waals surface area contributed by atoms with Crippen molar-refractivity contribution in [1.29, 1.82) is 0 Å². The predicted molar refractivity (Wildman–Crippen MR) is 106 cm³/mol. The molecule has 0 unspecified atom stereocenters. The minimum absolute atomic E-state index is 0.134. The summed E-state index contributed by atoms with van der Waals surface area (Å²) in [5.41, 5.74) is 0.700. The third-order valence-corrected chi connectivity index (χ3v) is 4.02. The van der Waals surface area contributed by atoms with Gasteiger partial charge >= 0.3 is 11.9 Å². The minimum Gasteiger partial charge on any atom is -0.478 e. The van der Waals surface area contributed by atoms with E-state index in [4.69, 9.17) is 31.3 Å². The molecular weight excluding hydrogens is 419 g/mol. The van der Waals surface area contributed by atoms with Gasteiger partial charge in [-0.25, -0.2) is 14.0 Å². The second kappa shape index (κ2) is 11.9. The van der Waals surface area contributed by atoms with E-state index in [1.165, 1.54) is 12.1 Å². The van der Waals surface area contributed by atoms with Gasteiger partial charge in [-0.3, -0.25) is 4.98 Å². The molecule has 1 aromatic heterocycles. The maximum absolute atomic E-state index is 14.0. The predicted octanol–water partition coefficient (Wildman–Crippen LogP) is 2.69. The molecule has 0 spiro atoms. The summed E-state index contributed by atoms with van der Waals surface area (Å²) in [4.78, 5) is 23.4. The van der Waals surface area contributed by atoms with Gasteiger partial charge in [0.2, 0.25) is 0 Å². The van der Waals surface area contributed by atoms with E-state index in [1.807, 2.05) is 18.2 Å². The van der Waals surface area contributed by atoms with Crippen LogP contribution in [-0.2, 0) is 14.3 Å². The number of nitrogens with zero attached hydrogens (tertiary/aromatic N) is 1. The van der Waals surface area contributed by atoms with E-state index in [2.05, 4.69) is 10.3 Å². The van der Waals surface area contributed by atoms with Crippen LogP contribution in [0.15, 0.2) is 54.7 Å². The molecule has 10 heteroatoms. The van der Waals surface area contributed by atoms with Crippen molar-refractivity contribution in [3.63, 3.8) is 0 Å². The quantitative estimate of drug-likeness (QED) is 0.589. The topological polar surface area (TPSA) is 118 Å². The third kappa shape index (κ3) is 7.78. The molecule has 1 fully saturated rings. The van der Waals surface area contributed by atoms with Crippen molar-refractivity contribution >= 4 is 23.5 Å². The summed E-state index contributed by atoms with van der Waals surface area (Å²) >= 11 is 5.78. The van der Waals surface area contributed by atoms with Gasteiger partial charge in [-0.05, 0) is 30.3 Å². The fourth-order valence-corrected chi connectivity index (χ4v) is 2.66. The Bertz CT molecular complexity index is 859. The Morgan fingerprint density at radius 1 is 1.27 bits per heavy atom. The maximum atomic E-state index is 14.0. The Kier molecular flexibility index (Phi) is 9.20. The van der Waals surface area contributed by atoms with Gasteiger partial charge in [0.1, 0.15) is 6.10 Å². The first kappa shape index (κ1) is 23.3. The van der Waals surface area contributed by atoms with Crippen molar-refractivity contribution in [3.8, 4) is 5.75 Å². The number of nitrogens with one attached hydrogen (secondary N) is 1. The third-order valence-electron chi connectivity index (χ3n) is 3.79.